The van der Waals surface area contributed by atoms with Gasteiger partial charge in [0.1, 0.15) is 42.5 Å². The number of aliphatic hydroxyl groups excluding tert-OH is 4. The van der Waals surface area contributed by atoms with Crippen LogP contribution < -0.4 is 37.2 Å². The molecule has 0 spiro atoms. The third-order valence-electron chi connectivity index (χ3n) is 11.2. The number of carbonyl (C=O) groups is 7. The second-order valence-electron chi connectivity index (χ2n) is 17.8. The Balaban J connectivity index is 1.57. The number of nitrogens with zero attached hydrogens (tertiary/aromatic N) is 2. The summed E-state index contributed by atoms with van der Waals surface area (Å²) in [5, 5.41) is 80.1. The molecule has 3 heterocycles. The number of imidazole rings is 2. The number of rotatable bonds is 30. The standard InChI is InChI=1S/C43H71N11O14/c1-23(2)15-29(52-38(61)30(16-27-18-45-22-50-27)53-40(63)34(24(3)4)48-20-43(67)37(60)36(59)31(56)19-68-43)39(62)54-35(25(5)55)41(64)51-28(42(65)66)9-6-7-13-46-32(57)10-8-11-33(58)47-14-12-26-17-44-21-49-26/h17-18,21-25,28-31,34-37,48,55-56,59-60,67H,6-16,19-20H2,1-5H3,(H,44,49)(H,45,50)(H,46,57)(H,47,58)(H,51,64)(H,52,61)(H,53,63)(H,54,62)(H,65,66)/t25?,28?,29?,30?,31-,34?,35?,36-,37+,43+/m0/s1. The molecular formula is C43H71N11O14. The summed E-state index contributed by atoms with van der Waals surface area (Å²) in [5.74, 6) is -8.34. The number of carbonyl (C=O) groups excluding carboxylic acids is 6. The van der Waals surface area contributed by atoms with Crippen LogP contribution >= 0.6 is 0 Å². The number of hydrogen-bond donors (Lipinski definition) is 15. The van der Waals surface area contributed by atoms with Crippen LogP contribution in [0.25, 0.3) is 0 Å². The number of ether oxygens (including phenoxy) is 1. The largest absolute Gasteiger partial charge is 0.480 e. The van der Waals surface area contributed by atoms with E-state index in [2.05, 4.69) is 57.2 Å². The van der Waals surface area contributed by atoms with Gasteiger partial charge in [0.15, 0.2) is 0 Å². The van der Waals surface area contributed by atoms with Gasteiger partial charge in [-0.1, -0.05) is 27.7 Å². The van der Waals surface area contributed by atoms with Gasteiger partial charge in [0.2, 0.25) is 41.2 Å². The third-order valence-corrected chi connectivity index (χ3v) is 11.2. The molecule has 1 aliphatic rings. The Labute approximate surface area is 394 Å². The number of carboxylic acids is 1. The molecule has 6 amide bonds. The summed E-state index contributed by atoms with van der Waals surface area (Å²) in [5.41, 5.74) is 1.32. The summed E-state index contributed by atoms with van der Waals surface area (Å²) in [4.78, 5) is 105. The molecule has 0 aromatic carbocycles. The molecule has 6 unspecified atom stereocenters. The summed E-state index contributed by atoms with van der Waals surface area (Å²) in [7, 11) is 0. The number of aliphatic hydroxyl groups is 5. The number of carboxylic acid groups (broad SMARTS) is 1. The predicted molar refractivity (Wildman–Crippen MR) is 240 cm³/mol. The number of aliphatic carboxylic acids is 1. The molecule has 0 aliphatic carbocycles. The summed E-state index contributed by atoms with van der Waals surface area (Å²) in [6.45, 7) is 7.68. The first-order valence-corrected chi connectivity index (χ1v) is 22.9. The first-order chi connectivity index (χ1) is 32.1. The first kappa shape index (κ1) is 56.8. The minimum atomic E-state index is -2.38. The maximum Gasteiger partial charge on any atom is 0.326 e. The van der Waals surface area contributed by atoms with Crippen molar-refractivity contribution in [3.63, 3.8) is 0 Å². The molecule has 382 valence electrons. The van der Waals surface area contributed by atoms with Crippen LogP contribution in [0.5, 0.6) is 0 Å². The van der Waals surface area contributed by atoms with Crippen LogP contribution in [0.15, 0.2) is 25.0 Å². The van der Waals surface area contributed by atoms with Gasteiger partial charge in [-0.25, -0.2) is 14.8 Å². The Morgan fingerprint density at radius 1 is 0.750 bits per heavy atom. The molecule has 1 saturated heterocycles. The number of unbranched alkanes of at least 4 members (excludes halogenated alkanes) is 1. The highest BCUT2D eigenvalue weighted by Crippen LogP contribution is 2.24. The maximum atomic E-state index is 14.0. The van der Waals surface area contributed by atoms with Crippen LogP contribution in [0, 0.1) is 11.8 Å². The monoisotopic (exact) mass is 966 g/mol. The molecule has 0 radical (unpaired) electrons. The lowest BCUT2D eigenvalue weighted by molar-refractivity contribution is -0.318. The van der Waals surface area contributed by atoms with Gasteiger partial charge in [0.05, 0.1) is 38.0 Å². The Hall–Kier alpha value is -5.57. The van der Waals surface area contributed by atoms with Gasteiger partial charge < -0.3 is 82.6 Å². The quantitative estimate of drug-likeness (QED) is 0.0336. The third kappa shape index (κ3) is 18.8. The molecule has 0 saturated carbocycles. The van der Waals surface area contributed by atoms with Crippen LogP contribution in [-0.4, -0.2) is 179 Å². The van der Waals surface area contributed by atoms with Crippen LogP contribution in [0.4, 0.5) is 0 Å². The average Bonchev–Trinajstić information content (AvgIpc) is 4.00. The van der Waals surface area contributed by atoms with Crippen molar-refractivity contribution < 1.29 is 68.9 Å². The lowest BCUT2D eigenvalue weighted by Crippen LogP contribution is -2.66. The van der Waals surface area contributed by atoms with Crippen molar-refractivity contribution in [2.75, 3.05) is 26.2 Å². The average molecular weight is 966 g/mol. The van der Waals surface area contributed by atoms with E-state index in [0.717, 1.165) is 5.69 Å². The molecule has 1 fully saturated rings. The lowest BCUT2D eigenvalue weighted by atomic mass is 9.95. The minimum absolute atomic E-state index is 0.0327. The zero-order chi connectivity index (χ0) is 50.6. The summed E-state index contributed by atoms with van der Waals surface area (Å²) >= 11 is 0. The topological polar surface area (TPSA) is 392 Å². The molecule has 1 aliphatic heterocycles. The lowest BCUT2D eigenvalue weighted by Gasteiger charge is -2.42. The second-order valence-corrected chi connectivity index (χ2v) is 17.8. The van der Waals surface area contributed by atoms with E-state index in [4.69, 9.17) is 4.74 Å². The number of aromatic amines is 2. The molecule has 0 bridgehead atoms. The van der Waals surface area contributed by atoms with Crippen LogP contribution in [0.1, 0.15) is 91.0 Å². The van der Waals surface area contributed by atoms with E-state index in [9.17, 15) is 64.2 Å². The summed E-state index contributed by atoms with van der Waals surface area (Å²) in [6, 6.07) is -6.85. The van der Waals surface area contributed by atoms with E-state index >= 15 is 0 Å². The molecule has 68 heavy (non-hydrogen) atoms. The van der Waals surface area contributed by atoms with Crippen LogP contribution in [-0.2, 0) is 51.1 Å². The minimum Gasteiger partial charge on any atom is -0.480 e. The van der Waals surface area contributed by atoms with Gasteiger partial charge in [0, 0.05) is 62.6 Å². The van der Waals surface area contributed by atoms with E-state index in [1.807, 2.05) is 0 Å². The predicted octanol–water partition coefficient (Wildman–Crippen LogP) is -3.64. The maximum absolute atomic E-state index is 14.0. The smallest absolute Gasteiger partial charge is 0.326 e. The van der Waals surface area contributed by atoms with E-state index < -0.39 is 109 Å². The number of amides is 6. The number of nitrogens with one attached hydrogen (secondary N) is 9. The van der Waals surface area contributed by atoms with Crippen LogP contribution in [0.3, 0.4) is 0 Å². The van der Waals surface area contributed by atoms with Gasteiger partial charge >= 0.3 is 5.97 Å². The molecule has 10 atom stereocenters. The normalized spacial score (nSPS) is 20.9. The fourth-order valence-electron chi connectivity index (χ4n) is 7.22. The highest BCUT2D eigenvalue weighted by Gasteiger charge is 2.49. The molecule has 25 nitrogen and oxygen atoms in total. The van der Waals surface area contributed by atoms with Gasteiger partial charge in [-0.15, -0.1) is 0 Å². The molecule has 2 aromatic rings. The fraction of sp³-hybridized carbons (Fsp3) is 0.698. The van der Waals surface area contributed by atoms with Crippen molar-refractivity contribution in [1.29, 1.82) is 0 Å². The SMILES string of the molecule is CC(C)CC(NC(=O)C(Cc1cnc[nH]1)NC(=O)C(NC[C@@]1(O)OC[C@H](O)[C@H](O)[C@H]1O)C(C)C)C(=O)NC(C(=O)NC(CCCCNC(=O)CCCC(=O)NCCc1cnc[nH]1)C(=O)O)C(C)O. The zero-order valence-corrected chi connectivity index (χ0v) is 39.2. The van der Waals surface area contributed by atoms with Crippen LogP contribution in [0.2, 0.25) is 0 Å². The van der Waals surface area contributed by atoms with E-state index in [1.54, 1.807) is 40.2 Å². The Morgan fingerprint density at radius 3 is 1.90 bits per heavy atom. The summed E-state index contributed by atoms with van der Waals surface area (Å²) in [6.07, 6.45) is 1.06. The number of aromatic nitrogens is 4. The van der Waals surface area contributed by atoms with Crippen molar-refractivity contribution in [2.24, 2.45) is 11.8 Å². The van der Waals surface area contributed by atoms with Crippen molar-refractivity contribution in [2.45, 2.75) is 153 Å². The van der Waals surface area contributed by atoms with Gasteiger partial charge in [-0.05, 0) is 50.9 Å². The molecule has 3 rings (SSSR count). The zero-order valence-electron chi connectivity index (χ0n) is 39.2. The fourth-order valence-corrected chi connectivity index (χ4v) is 7.22. The van der Waals surface area contributed by atoms with E-state index in [0.29, 0.717) is 31.5 Å². The van der Waals surface area contributed by atoms with Gasteiger partial charge in [-0.2, -0.15) is 0 Å². The molecule has 2 aromatic heterocycles. The number of hydrogen-bond acceptors (Lipinski definition) is 16. The van der Waals surface area contributed by atoms with Gasteiger partial charge in [0.25, 0.3) is 0 Å². The van der Waals surface area contributed by atoms with E-state index in [1.165, 1.54) is 19.4 Å². The Morgan fingerprint density at radius 2 is 1.32 bits per heavy atom. The highest BCUT2D eigenvalue weighted by molar-refractivity contribution is 5.95. The Bertz CT molecular complexity index is 1900. The summed E-state index contributed by atoms with van der Waals surface area (Å²) < 4.78 is 5.20. The highest BCUT2D eigenvalue weighted by atomic mass is 16.6. The van der Waals surface area contributed by atoms with E-state index in [-0.39, 0.29) is 62.8 Å². The van der Waals surface area contributed by atoms with Crippen molar-refractivity contribution in [3.8, 4) is 0 Å². The van der Waals surface area contributed by atoms with Gasteiger partial charge in [-0.3, -0.25) is 28.8 Å². The van der Waals surface area contributed by atoms with Crippen molar-refractivity contribution >= 4 is 41.4 Å². The molecule has 25 heteroatoms. The molecular weight excluding hydrogens is 895 g/mol. The second kappa shape index (κ2) is 28.0. The molecule has 15 N–H and O–H groups in total. The van der Waals surface area contributed by atoms with Crippen molar-refractivity contribution in [3.05, 3.63) is 36.4 Å². The first-order valence-electron chi connectivity index (χ1n) is 22.9. The number of H-pyrrole nitrogens is 2. The van der Waals surface area contributed by atoms with Crippen molar-refractivity contribution in [1.82, 2.24) is 57.2 Å². The Kier molecular flexibility index (Phi) is 23.4.